The number of rotatable bonds is 0. The Morgan fingerprint density at radius 2 is 0.361 bits per heavy atom. The lowest BCUT2D eigenvalue weighted by molar-refractivity contribution is 1.24. The average molecular weight is 479 g/mol. The first kappa shape index (κ1) is 24.1. The van der Waals surface area contributed by atoms with Gasteiger partial charge in [-0.15, -0.1) is 0 Å². The normalized spacial score (nSPS) is 12.1. The Hall–Kier alpha value is -3.66. The second-order valence-electron chi connectivity index (χ2n) is 10.6. The number of hydrogen-bond acceptors (Lipinski definition) is 4. The summed E-state index contributed by atoms with van der Waals surface area (Å²) in [6, 6.07) is 0. The van der Waals surface area contributed by atoms with Crippen LogP contribution in [0.15, 0.2) is 19.2 Å². The predicted molar refractivity (Wildman–Crippen MR) is 151 cm³/mol. The molecule has 5 aromatic rings. The summed E-state index contributed by atoms with van der Waals surface area (Å²) in [6.07, 6.45) is 0. The number of benzene rings is 5. The molecule has 0 saturated heterocycles. The van der Waals surface area contributed by atoms with E-state index < -0.39 is 0 Å². The molecule has 0 atom stereocenters. The van der Waals surface area contributed by atoms with Crippen molar-refractivity contribution in [2.24, 2.45) is 0 Å². The molecule has 0 radical (unpaired) electrons. The van der Waals surface area contributed by atoms with Crippen LogP contribution in [0.4, 0.5) is 0 Å². The quantitative estimate of drug-likeness (QED) is 0.268. The van der Waals surface area contributed by atoms with Gasteiger partial charge in [-0.1, -0.05) is 0 Å². The lowest BCUT2D eigenvalue weighted by Crippen LogP contribution is -2.23. The molecule has 0 spiro atoms. The zero-order valence-electron chi connectivity index (χ0n) is 22.6. The van der Waals surface area contributed by atoms with E-state index in [4.69, 9.17) is 0 Å². The van der Waals surface area contributed by atoms with Gasteiger partial charge in [0.15, 0.2) is 21.7 Å². The van der Waals surface area contributed by atoms with Crippen molar-refractivity contribution in [2.45, 2.75) is 69.2 Å². The first-order valence-corrected chi connectivity index (χ1v) is 12.3. The van der Waals surface area contributed by atoms with Crippen LogP contribution in [0.3, 0.4) is 0 Å². The second kappa shape index (κ2) is 7.42. The third-order valence-electron chi connectivity index (χ3n) is 9.19. The summed E-state index contributed by atoms with van der Waals surface area (Å²) in [5, 5.41) is 2.73. The first-order chi connectivity index (χ1) is 16.7. The molecule has 0 fully saturated rings. The van der Waals surface area contributed by atoms with E-state index in [1.54, 1.807) is 13.8 Å². The van der Waals surface area contributed by atoms with E-state index in [2.05, 4.69) is 0 Å². The highest BCUT2D eigenvalue weighted by Crippen LogP contribution is 2.33. The van der Waals surface area contributed by atoms with Crippen molar-refractivity contribution in [1.29, 1.82) is 0 Å². The Kier molecular flexibility index (Phi) is 4.96. The summed E-state index contributed by atoms with van der Waals surface area (Å²) in [5.74, 6) is 0. The molecule has 0 aromatic heterocycles. The fourth-order valence-corrected chi connectivity index (χ4v) is 6.40. The molecule has 4 heteroatoms. The first-order valence-electron chi connectivity index (χ1n) is 12.3. The van der Waals surface area contributed by atoms with Gasteiger partial charge >= 0.3 is 0 Å². The van der Waals surface area contributed by atoms with Crippen LogP contribution in [-0.4, -0.2) is 0 Å². The summed E-state index contributed by atoms with van der Waals surface area (Å²) in [7, 11) is 0. The highest BCUT2D eigenvalue weighted by atomic mass is 16.1. The maximum Gasteiger partial charge on any atom is 0.195 e. The highest BCUT2D eigenvalue weighted by Gasteiger charge is 2.26. The predicted octanol–water partition coefficient (Wildman–Crippen LogP) is 5.70. The molecule has 5 rings (SSSR count). The van der Waals surface area contributed by atoms with Crippen molar-refractivity contribution in [1.82, 2.24) is 0 Å². The number of fused-ring (bicyclic) bond motifs is 4. The van der Waals surface area contributed by atoms with Gasteiger partial charge in [0, 0.05) is 43.1 Å². The van der Waals surface area contributed by atoms with Gasteiger partial charge in [-0.2, -0.15) is 0 Å². The van der Waals surface area contributed by atoms with Gasteiger partial charge in [-0.3, -0.25) is 19.2 Å². The van der Waals surface area contributed by atoms with E-state index in [-0.39, 0.29) is 43.3 Å². The van der Waals surface area contributed by atoms with Gasteiger partial charge < -0.3 is 0 Å². The van der Waals surface area contributed by atoms with Gasteiger partial charge in [0.25, 0.3) is 0 Å². The largest absolute Gasteiger partial charge is 0.289 e. The Labute approximate surface area is 208 Å². The molecular formula is C32H30O4. The van der Waals surface area contributed by atoms with Crippen LogP contribution in [0, 0.1) is 69.2 Å². The van der Waals surface area contributed by atoms with Crippen LogP contribution < -0.4 is 21.7 Å². The molecular weight excluding hydrogens is 448 g/mol. The molecule has 0 heterocycles. The molecule has 0 amide bonds. The topological polar surface area (TPSA) is 68.3 Å². The minimum atomic E-state index is -0.245. The fraction of sp³-hybridized carbons (Fsp3) is 0.312. The van der Waals surface area contributed by atoms with Gasteiger partial charge in [0.2, 0.25) is 0 Å². The number of aryl methyl sites for hydroxylation is 6. The molecule has 0 aliphatic rings. The fourth-order valence-electron chi connectivity index (χ4n) is 6.40. The molecule has 0 unspecified atom stereocenters. The van der Waals surface area contributed by atoms with Crippen LogP contribution >= 0.6 is 0 Å². The minimum Gasteiger partial charge on any atom is -0.289 e. The summed E-state index contributed by atoms with van der Waals surface area (Å²) in [4.78, 5) is 56.2. The van der Waals surface area contributed by atoms with Crippen LogP contribution in [0.2, 0.25) is 0 Å². The van der Waals surface area contributed by atoms with E-state index in [0.29, 0.717) is 32.7 Å². The lowest BCUT2D eigenvalue weighted by atomic mass is 9.83. The minimum absolute atomic E-state index is 0.245. The zero-order chi connectivity index (χ0) is 26.7. The summed E-state index contributed by atoms with van der Waals surface area (Å²) in [6.45, 7) is 18.8. The molecule has 5 aromatic carbocycles. The second-order valence-corrected chi connectivity index (χ2v) is 10.6. The van der Waals surface area contributed by atoms with Gasteiger partial charge in [-0.05, 0) is 125 Å². The highest BCUT2D eigenvalue weighted by molar-refractivity contribution is 6.14. The molecule has 182 valence electrons. The average Bonchev–Trinajstić information content (AvgIpc) is 2.83. The van der Waals surface area contributed by atoms with Crippen LogP contribution in [0.5, 0.6) is 0 Å². The molecule has 0 bridgehead atoms. The monoisotopic (exact) mass is 478 g/mol. The number of hydrogen-bond donors (Lipinski definition) is 0. The van der Waals surface area contributed by atoms with Crippen molar-refractivity contribution < 1.29 is 0 Å². The third-order valence-corrected chi connectivity index (χ3v) is 9.19. The zero-order valence-corrected chi connectivity index (χ0v) is 22.6. The molecule has 0 N–H and O–H groups in total. The van der Waals surface area contributed by atoms with E-state index in [1.165, 1.54) is 0 Å². The van der Waals surface area contributed by atoms with E-state index in [0.717, 1.165) is 44.5 Å². The van der Waals surface area contributed by atoms with Crippen molar-refractivity contribution >= 4 is 43.1 Å². The van der Waals surface area contributed by atoms with E-state index in [1.807, 2.05) is 55.4 Å². The van der Waals surface area contributed by atoms with Gasteiger partial charge in [0.05, 0.1) is 0 Å². The van der Waals surface area contributed by atoms with Crippen LogP contribution in [0.25, 0.3) is 43.1 Å². The Morgan fingerprint density at radius 1 is 0.222 bits per heavy atom. The summed E-state index contributed by atoms with van der Waals surface area (Å²) in [5.41, 5.74) is 6.96. The standard InChI is InChI=1S/C32H30O4/c1-11-12(2)16(6)22-21(15(11)5)29(33)25-19(9)27-28(20(10)26(25)30(22)34)32(36)24-18(8)14(4)13(3)17(7)23(24)31(27)35/h1-10H3. The van der Waals surface area contributed by atoms with E-state index in [9.17, 15) is 19.2 Å². The molecule has 0 aliphatic carbocycles. The van der Waals surface area contributed by atoms with Crippen LogP contribution in [0.1, 0.15) is 55.6 Å². The van der Waals surface area contributed by atoms with Crippen molar-refractivity contribution in [3.05, 3.63) is 96.5 Å². The summed E-state index contributed by atoms with van der Waals surface area (Å²) >= 11 is 0. The van der Waals surface area contributed by atoms with Gasteiger partial charge in [-0.25, -0.2) is 0 Å². The summed E-state index contributed by atoms with van der Waals surface area (Å²) < 4.78 is 0. The smallest absolute Gasteiger partial charge is 0.195 e. The van der Waals surface area contributed by atoms with Crippen molar-refractivity contribution in [2.75, 3.05) is 0 Å². The maximum atomic E-state index is 14.1. The van der Waals surface area contributed by atoms with Gasteiger partial charge in [0.1, 0.15) is 0 Å². The maximum absolute atomic E-state index is 14.1. The molecule has 36 heavy (non-hydrogen) atoms. The Morgan fingerprint density at radius 3 is 0.528 bits per heavy atom. The molecule has 4 nitrogen and oxygen atoms in total. The molecule has 0 saturated carbocycles. The Bertz CT molecular complexity index is 1800. The Balaban J connectivity index is 2.27. The third kappa shape index (κ3) is 2.59. The van der Waals surface area contributed by atoms with Crippen molar-refractivity contribution in [3.8, 4) is 0 Å². The van der Waals surface area contributed by atoms with Crippen LogP contribution in [-0.2, 0) is 0 Å². The lowest BCUT2D eigenvalue weighted by Gasteiger charge is -2.18. The SMILES string of the molecule is Cc1c(C)c(C)c2c(=O)c3c(C)c4c(=O)c5c(C)c(C)c(C)c(C)c5c(=O)c4c(C)c3c(=O)c2c1C. The van der Waals surface area contributed by atoms with Crippen molar-refractivity contribution in [3.63, 3.8) is 0 Å². The molecule has 0 aliphatic heterocycles. The van der Waals surface area contributed by atoms with E-state index >= 15 is 0 Å².